The smallest absolute Gasteiger partial charge is 0.320 e. The van der Waals surface area contributed by atoms with E-state index in [9.17, 15) is 14.4 Å². The topological polar surface area (TPSA) is 77.1 Å². The average molecular weight is 387 g/mol. The van der Waals surface area contributed by atoms with E-state index in [2.05, 4.69) is 26.6 Å². The highest BCUT2D eigenvalue weighted by molar-refractivity contribution is 9.10. The van der Waals surface area contributed by atoms with E-state index in [-0.39, 0.29) is 16.3 Å². The highest BCUT2D eigenvalue weighted by atomic mass is 79.9. The fraction of sp³-hybridized carbons (Fsp3) is 0.357. The number of hydroxylamine groups is 3. The molecular formula is C14H16BrFN4O3. The van der Waals surface area contributed by atoms with E-state index in [0.29, 0.717) is 10.9 Å². The normalized spacial score (nSPS) is 18.3. The van der Waals surface area contributed by atoms with Crippen molar-refractivity contribution in [2.75, 3.05) is 5.06 Å². The summed E-state index contributed by atoms with van der Waals surface area (Å²) in [5.41, 5.74) is 0.477. The first-order valence-electron chi connectivity index (χ1n) is 7.23. The number of urea groups is 1. The van der Waals surface area contributed by atoms with Gasteiger partial charge in [-0.2, -0.15) is 5.06 Å². The lowest BCUT2D eigenvalue weighted by Crippen LogP contribution is -2.42. The summed E-state index contributed by atoms with van der Waals surface area (Å²) in [6, 6.07) is 3.98. The molecule has 0 spiro atoms. The van der Waals surface area contributed by atoms with Gasteiger partial charge in [0.25, 0.3) is 0 Å². The third kappa shape index (κ3) is 3.74. The van der Waals surface area contributed by atoms with Crippen molar-refractivity contribution in [3.63, 3.8) is 0 Å². The Morgan fingerprint density at radius 2 is 2.13 bits per heavy atom. The van der Waals surface area contributed by atoms with Gasteiger partial charge in [-0.25, -0.2) is 9.18 Å². The van der Waals surface area contributed by atoms with Crippen molar-refractivity contribution in [1.29, 1.82) is 0 Å². The number of halogens is 2. The molecular weight excluding hydrogens is 371 g/mol. The second kappa shape index (κ2) is 6.73. The quantitative estimate of drug-likeness (QED) is 0.744. The number of benzene rings is 1. The van der Waals surface area contributed by atoms with E-state index in [1.165, 1.54) is 29.5 Å². The number of carbonyl (C=O) groups is 1. The molecule has 2 amide bonds. The molecule has 0 radical (unpaired) electrons. The third-order valence-corrected chi connectivity index (χ3v) is 4.31. The van der Waals surface area contributed by atoms with Crippen LogP contribution in [0.5, 0.6) is 0 Å². The molecule has 3 rings (SSSR count). The summed E-state index contributed by atoms with van der Waals surface area (Å²) in [5, 5.41) is 16.7. The van der Waals surface area contributed by atoms with Crippen molar-refractivity contribution in [2.45, 2.75) is 31.7 Å². The molecule has 23 heavy (non-hydrogen) atoms. The van der Waals surface area contributed by atoms with Crippen LogP contribution in [0.15, 0.2) is 34.7 Å². The Morgan fingerprint density at radius 3 is 2.83 bits per heavy atom. The fourth-order valence-electron chi connectivity index (χ4n) is 2.54. The summed E-state index contributed by atoms with van der Waals surface area (Å²) in [5.74, 6) is -0.354. The summed E-state index contributed by atoms with van der Waals surface area (Å²) >= 11 is 3.08. The summed E-state index contributed by atoms with van der Waals surface area (Å²) in [7, 11) is 0. The van der Waals surface area contributed by atoms with Crippen molar-refractivity contribution in [1.82, 2.24) is 15.9 Å². The van der Waals surface area contributed by atoms with Gasteiger partial charge < -0.3 is 5.32 Å². The van der Waals surface area contributed by atoms with Crippen LogP contribution in [0.1, 0.15) is 25.7 Å². The highest BCUT2D eigenvalue weighted by Gasteiger charge is 2.26. The zero-order valence-electron chi connectivity index (χ0n) is 12.1. The Kier molecular flexibility index (Phi) is 4.69. The van der Waals surface area contributed by atoms with Crippen LogP contribution in [0.3, 0.4) is 0 Å². The van der Waals surface area contributed by atoms with Crippen LogP contribution in [0, 0.1) is 5.82 Å². The highest BCUT2D eigenvalue weighted by Crippen LogP contribution is 2.27. The molecule has 3 N–H and O–H groups in total. The predicted molar refractivity (Wildman–Crippen MR) is 83.3 cm³/mol. The van der Waals surface area contributed by atoms with E-state index >= 15 is 0 Å². The standard InChI is InChI=1S/C14H16BrFN4O3/c15-11-7-10(5-6-12(11)16)19-8-13(20(22)23-19)18-14(21)17-9-3-1-2-4-9/h5-9,22H,1-4H2,(H2,17,18,21). The number of amides is 2. The number of carbonyl (C=O) groups excluding carboxylic acids is 1. The van der Waals surface area contributed by atoms with Gasteiger partial charge in [0.1, 0.15) is 5.82 Å². The summed E-state index contributed by atoms with van der Waals surface area (Å²) in [4.78, 5) is 17.0. The van der Waals surface area contributed by atoms with Crippen LogP contribution in [-0.2, 0) is 4.94 Å². The third-order valence-electron chi connectivity index (χ3n) is 3.70. The number of nitrogens with zero attached hydrogens (tertiary/aromatic N) is 2. The Bertz CT molecular complexity index is 636. The van der Waals surface area contributed by atoms with E-state index in [1.807, 2.05) is 0 Å². The monoisotopic (exact) mass is 386 g/mol. The molecule has 1 saturated carbocycles. The van der Waals surface area contributed by atoms with E-state index in [4.69, 9.17) is 4.94 Å². The second-order valence-corrected chi connectivity index (χ2v) is 6.23. The van der Waals surface area contributed by atoms with Crippen LogP contribution in [0.4, 0.5) is 14.9 Å². The number of nitrogens with one attached hydrogen (secondary N) is 2. The van der Waals surface area contributed by atoms with Crippen LogP contribution < -0.4 is 15.7 Å². The van der Waals surface area contributed by atoms with Crippen molar-refractivity contribution >= 4 is 27.6 Å². The van der Waals surface area contributed by atoms with Gasteiger partial charge in [-0.15, -0.1) is 4.94 Å². The van der Waals surface area contributed by atoms with Crippen LogP contribution in [0.25, 0.3) is 0 Å². The molecule has 0 atom stereocenters. The van der Waals surface area contributed by atoms with E-state index in [1.54, 1.807) is 0 Å². The lowest BCUT2D eigenvalue weighted by Gasteiger charge is -2.17. The molecule has 0 aromatic heterocycles. The molecule has 1 fully saturated rings. The number of hydrogen-bond donors (Lipinski definition) is 3. The van der Waals surface area contributed by atoms with Gasteiger partial charge in [0.05, 0.1) is 16.4 Å². The molecule has 1 heterocycles. The maximum atomic E-state index is 13.3. The van der Waals surface area contributed by atoms with Crippen molar-refractivity contribution in [2.24, 2.45) is 0 Å². The molecule has 7 nitrogen and oxygen atoms in total. The van der Waals surface area contributed by atoms with Gasteiger partial charge >= 0.3 is 6.03 Å². The van der Waals surface area contributed by atoms with Crippen molar-refractivity contribution in [3.8, 4) is 0 Å². The van der Waals surface area contributed by atoms with Crippen molar-refractivity contribution < 1.29 is 19.3 Å². The number of hydrogen-bond acceptors (Lipinski definition) is 5. The van der Waals surface area contributed by atoms with E-state index < -0.39 is 11.8 Å². The lowest BCUT2D eigenvalue weighted by molar-refractivity contribution is -0.305. The second-order valence-electron chi connectivity index (χ2n) is 5.37. The van der Waals surface area contributed by atoms with Crippen LogP contribution in [0.2, 0.25) is 0 Å². The molecule has 0 bridgehead atoms. The largest absolute Gasteiger partial charge is 0.335 e. The zero-order chi connectivity index (χ0) is 16.4. The van der Waals surface area contributed by atoms with Crippen LogP contribution >= 0.6 is 15.9 Å². The Balaban J connectivity index is 1.64. The fourth-order valence-corrected chi connectivity index (χ4v) is 2.91. The zero-order valence-corrected chi connectivity index (χ0v) is 13.7. The number of rotatable bonds is 3. The molecule has 9 heteroatoms. The Hall–Kier alpha value is -1.84. The van der Waals surface area contributed by atoms with Gasteiger partial charge in [-0.3, -0.25) is 10.5 Å². The van der Waals surface area contributed by atoms with Gasteiger partial charge in [0.2, 0.25) is 0 Å². The van der Waals surface area contributed by atoms with Gasteiger partial charge in [0.15, 0.2) is 5.82 Å². The van der Waals surface area contributed by atoms with Gasteiger partial charge in [0, 0.05) is 6.04 Å². The predicted octanol–water partition coefficient (Wildman–Crippen LogP) is 2.99. The maximum absolute atomic E-state index is 13.3. The first-order chi connectivity index (χ1) is 11.0. The van der Waals surface area contributed by atoms with Crippen molar-refractivity contribution in [3.05, 3.63) is 40.5 Å². The molecule has 124 valence electrons. The SMILES string of the molecule is O=C(NC1=CN(c2ccc(F)c(Br)c2)ON1O)NC1CCCC1. The minimum absolute atomic E-state index is 0.0564. The molecule has 1 aromatic carbocycles. The summed E-state index contributed by atoms with van der Waals surface area (Å²) < 4.78 is 13.5. The Morgan fingerprint density at radius 1 is 1.39 bits per heavy atom. The molecule has 1 aromatic rings. The molecule has 1 aliphatic carbocycles. The average Bonchev–Trinajstić information content (AvgIpc) is 3.13. The maximum Gasteiger partial charge on any atom is 0.320 e. The lowest BCUT2D eigenvalue weighted by atomic mass is 10.2. The summed E-state index contributed by atoms with van der Waals surface area (Å²) in [6.07, 6.45) is 5.52. The minimum atomic E-state index is -0.410. The van der Waals surface area contributed by atoms with Gasteiger partial charge in [-0.05, 0) is 47.0 Å². The molecule has 1 aliphatic heterocycles. The first kappa shape index (κ1) is 16.0. The minimum Gasteiger partial charge on any atom is -0.335 e. The molecule has 0 saturated heterocycles. The Labute approximate surface area is 140 Å². The van der Waals surface area contributed by atoms with Gasteiger partial charge in [-0.1, -0.05) is 18.1 Å². The first-order valence-corrected chi connectivity index (χ1v) is 8.03. The van der Waals surface area contributed by atoms with E-state index in [0.717, 1.165) is 25.7 Å². The summed E-state index contributed by atoms with van der Waals surface area (Å²) in [6.45, 7) is 0. The number of anilines is 1. The van der Waals surface area contributed by atoms with Crippen LogP contribution in [-0.4, -0.2) is 22.5 Å². The molecule has 2 aliphatic rings. The molecule has 0 unspecified atom stereocenters.